The summed E-state index contributed by atoms with van der Waals surface area (Å²) < 4.78 is 6.53. The van der Waals surface area contributed by atoms with Crippen molar-refractivity contribution in [2.75, 3.05) is 5.01 Å². The molecule has 4 nitrogen and oxygen atoms in total. The fourth-order valence-electron chi connectivity index (χ4n) is 2.83. The molecular formula is C21H15BrN2O2. The summed E-state index contributed by atoms with van der Waals surface area (Å²) in [4.78, 5) is 12.9. The number of carbonyl (C=O) groups excluding carboxylic acids is 1. The molecule has 1 heterocycles. The maximum absolute atomic E-state index is 12.9. The van der Waals surface area contributed by atoms with Crippen molar-refractivity contribution in [1.29, 1.82) is 0 Å². The predicted octanol–water partition coefficient (Wildman–Crippen LogP) is 4.92. The summed E-state index contributed by atoms with van der Waals surface area (Å²) in [5.41, 5.74) is 2.40. The van der Waals surface area contributed by atoms with Crippen molar-refractivity contribution < 1.29 is 9.53 Å². The van der Waals surface area contributed by atoms with Gasteiger partial charge in [0, 0.05) is 10.0 Å². The molecule has 0 radical (unpaired) electrons. The zero-order chi connectivity index (χ0) is 17.9. The Morgan fingerprint density at radius 1 is 0.846 bits per heavy atom. The Morgan fingerprint density at radius 2 is 1.46 bits per heavy atom. The highest BCUT2D eigenvalue weighted by molar-refractivity contribution is 9.10. The lowest BCUT2D eigenvalue weighted by Crippen LogP contribution is -2.38. The zero-order valence-corrected chi connectivity index (χ0v) is 15.3. The summed E-state index contributed by atoms with van der Waals surface area (Å²) in [5, 5.41) is 6.37. The smallest absolute Gasteiger partial charge is 0.342 e. The second kappa shape index (κ2) is 7.14. The monoisotopic (exact) mass is 406 g/mol. The van der Waals surface area contributed by atoms with Crippen molar-refractivity contribution in [3.63, 3.8) is 0 Å². The third kappa shape index (κ3) is 3.26. The summed E-state index contributed by atoms with van der Waals surface area (Å²) >= 11 is 3.43. The quantitative estimate of drug-likeness (QED) is 0.579. The molecular weight excluding hydrogens is 392 g/mol. The maximum atomic E-state index is 12.9. The van der Waals surface area contributed by atoms with Crippen LogP contribution in [0, 0.1) is 0 Å². The normalized spacial score (nSPS) is 16.8. The van der Waals surface area contributed by atoms with E-state index in [1.54, 1.807) is 5.01 Å². The molecule has 3 aromatic carbocycles. The van der Waals surface area contributed by atoms with Crippen LogP contribution in [0.3, 0.4) is 0 Å². The van der Waals surface area contributed by atoms with Crippen LogP contribution in [-0.2, 0) is 9.53 Å². The van der Waals surface area contributed by atoms with Crippen molar-refractivity contribution in [2.24, 2.45) is 5.10 Å². The van der Waals surface area contributed by atoms with Crippen LogP contribution in [0.25, 0.3) is 0 Å². The lowest BCUT2D eigenvalue weighted by Gasteiger charge is -2.32. The number of rotatable bonds is 3. The van der Waals surface area contributed by atoms with Crippen molar-refractivity contribution in [3.05, 3.63) is 101 Å². The maximum Gasteiger partial charge on any atom is 0.342 e. The first-order valence-corrected chi connectivity index (χ1v) is 8.97. The molecule has 1 atom stereocenters. The second-order valence-electron chi connectivity index (χ2n) is 5.83. The molecule has 128 valence electrons. The Kier molecular flexibility index (Phi) is 4.54. The summed E-state index contributed by atoms with van der Waals surface area (Å²) in [6.45, 7) is 0. The van der Waals surface area contributed by atoms with Gasteiger partial charge in [0.2, 0.25) is 5.90 Å². The first kappa shape index (κ1) is 16.5. The van der Waals surface area contributed by atoms with Crippen LogP contribution in [-0.4, -0.2) is 11.9 Å². The molecule has 1 aliphatic heterocycles. The van der Waals surface area contributed by atoms with E-state index in [0.717, 1.165) is 21.3 Å². The number of benzene rings is 3. The molecule has 0 N–H and O–H groups in total. The molecule has 4 rings (SSSR count). The van der Waals surface area contributed by atoms with E-state index in [4.69, 9.17) is 4.74 Å². The first-order valence-electron chi connectivity index (χ1n) is 8.18. The van der Waals surface area contributed by atoms with Crippen LogP contribution < -0.4 is 5.01 Å². The van der Waals surface area contributed by atoms with E-state index in [2.05, 4.69) is 21.0 Å². The van der Waals surface area contributed by atoms with Crippen molar-refractivity contribution in [2.45, 2.75) is 6.04 Å². The van der Waals surface area contributed by atoms with Gasteiger partial charge >= 0.3 is 5.97 Å². The molecule has 1 aliphatic rings. The summed E-state index contributed by atoms with van der Waals surface area (Å²) in [6, 6.07) is 26.0. The molecule has 0 saturated carbocycles. The van der Waals surface area contributed by atoms with Gasteiger partial charge in [-0.05, 0) is 42.0 Å². The molecule has 0 saturated heterocycles. The lowest BCUT2D eigenvalue weighted by atomic mass is 10.1. The highest BCUT2D eigenvalue weighted by Crippen LogP contribution is 2.33. The summed E-state index contributed by atoms with van der Waals surface area (Å²) in [7, 11) is 0. The molecule has 26 heavy (non-hydrogen) atoms. The third-order valence-corrected chi connectivity index (χ3v) is 4.62. The molecule has 0 unspecified atom stereocenters. The molecule has 5 heteroatoms. The van der Waals surface area contributed by atoms with E-state index in [0.29, 0.717) is 5.90 Å². The Balaban J connectivity index is 1.82. The second-order valence-corrected chi connectivity index (χ2v) is 6.74. The first-order chi connectivity index (χ1) is 12.7. The van der Waals surface area contributed by atoms with Crippen molar-refractivity contribution in [3.8, 4) is 0 Å². The van der Waals surface area contributed by atoms with Gasteiger partial charge in [-0.3, -0.25) is 0 Å². The van der Waals surface area contributed by atoms with Gasteiger partial charge in [0.15, 0.2) is 6.04 Å². The number of para-hydroxylation sites is 1. The van der Waals surface area contributed by atoms with Crippen LogP contribution in [0.1, 0.15) is 17.2 Å². The number of hydrazone groups is 1. The fraction of sp³-hybridized carbons (Fsp3) is 0.0476. The van der Waals surface area contributed by atoms with Crippen molar-refractivity contribution >= 4 is 33.5 Å². The highest BCUT2D eigenvalue weighted by atomic mass is 79.9. The van der Waals surface area contributed by atoms with Gasteiger partial charge in [-0.15, -0.1) is 5.10 Å². The van der Waals surface area contributed by atoms with E-state index in [-0.39, 0.29) is 5.97 Å². The molecule has 0 fully saturated rings. The molecule has 0 bridgehead atoms. The van der Waals surface area contributed by atoms with E-state index in [9.17, 15) is 4.79 Å². The number of hydrogen-bond donors (Lipinski definition) is 0. The fourth-order valence-corrected chi connectivity index (χ4v) is 3.10. The number of halogens is 1. The predicted molar refractivity (Wildman–Crippen MR) is 105 cm³/mol. The number of nitrogens with zero attached hydrogens (tertiary/aromatic N) is 2. The van der Waals surface area contributed by atoms with Gasteiger partial charge < -0.3 is 4.74 Å². The van der Waals surface area contributed by atoms with Crippen LogP contribution in [0.2, 0.25) is 0 Å². The lowest BCUT2D eigenvalue weighted by molar-refractivity contribution is -0.138. The third-order valence-electron chi connectivity index (χ3n) is 4.09. The largest absolute Gasteiger partial charge is 0.403 e. The number of hydrogen-bond acceptors (Lipinski definition) is 4. The highest BCUT2D eigenvalue weighted by Gasteiger charge is 2.35. The van der Waals surface area contributed by atoms with Crippen LogP contribution in [0.4, 0.5) is 5.69 Å². The summed E-state index contributed by atoms with van der Waals surface area (Å²) in [6.07, 6.45) is 0. The topological polar surface area (TPSA) is 41.9 Å². The van der Waals surface area contributed by atoms with E-state index < -0.39 is 6.04 Å². The molecule has 3 aromatic rings. The van der Waals surface area contributed by atoms with E-state index >= 15 is 0 Å². The van der Waals surface area contributed by atoms with Gasteiger partial charge in [0.1, 0.15) is 0 Å². The number of carbonyl (C=O) groups is 1. The van der Waals surface area contributed by atoms with E-state index in [1.807, 2.05) is 84.9 Å². The van der Waals surface area contributed by atoms with E-state index in [1.165, 1.54) is 0 Å². The number of esters is 1. The van der Waals surface area contributed by atoms with Gasteiger partial charge in [0.25, 0.3) is 0 Å². The van der Waals surface area contributed by atoms with Gasteiger partial charge in [-0.2, -0.15) is 0 Å². The van der Waals surface area contributed by atoms with Gasteiger partial charge in [-0.25, -0.2) is 9.80 Å². The zero-order valence-electron chi connectivity index (χ0n) is 13.7. The standard InChI is InChI=1S/C21H15BrN2O2/c22-17-13-11-15(12-14-17)19-21(25)26-20(16-7-3-1-4-8-16)23-24(19)18-9-5-2-6-10-18/h1-14,19H/t19-/m1/s1. The van der Waals surface area contributed by atoms with Crippen LogP contribution in [0.15, 0.2) is 94.5 Å². The molecule has 0 spiro atoms. The van der Waals surface area contributed by atoms with Crippen LogP contribution >= 0.6 is 15.9 Å². The molecule has 0 amide bonds. The summed E-state index contributed by atoms with van der Waals surface area (Å²) in [5.74, 6) is -0.0576. The Labute approximate surface area is 159 Å². The number of ether oxygens (including phenoxy) is 1. The molecule has 0 aromatic heterocycles. The minimum Gasteiger partial charge on any atom is -0.403 e. The molecule has 0 aliphatic carbocycles. The van der Waals surface area contributed by atoms with Crippen LogP contribution in [0.5, 0.6) is 0 Å². The number of cyclic esters (lactones) is 1. The Morgan fingerprint density at radius 3 is 2.12 bits per heavy atom. The number of anilines is 1. The Bertz CT molecular complexity index is 941. The van der Waals surface area contributed by atoms with Gasteiger partial charge in [0.05, 0.1) is 5.69 Å². The SMILES string of the molecule is O=C1OC(c2ccccc2)=NN(c2ccccc2)[C@@H]1c1ccc(Br)cc1. The average molecular weight is 407 g/mol. The average Bonchev–Trinajstić information content (AvgIpc) is 2.70. The Hall–Kier alpha value is -2.92. The minimum absolute atomic E-state index is 0.299. The minimum atomic E-state index is -0.641. The van der Waals surface area contributed by atoms with Crippen molar-refractivity contribution in [1.82, 2.24) is 0 Å². The van der Waals surface area contributed by atoms with Gasteiger partial charge in [-0.1, -0.05) is 64.5 Å².